The zero-order valence-electron chi connectivity index (χ0n) is 8.03. The van der Waals surface area contributed by atoms with Crippen molar-refractivity contribution < 1.29 is 4.79 Å². The maximum Gasteiger partial charge on any atom is 0.221 e. The number of hydrogen-bond acceptors (Lipinski definition) is 3. The SMILES string of the molecule is CNC(=O)CCN(C)CCN=[N+]=[N-]. The van der Waals surface area contributed by atoms with E-state index < -0.39 is 0 Å². The van der Waals surface area contributed by atoms with Crippen LogP contribution in [0.5, 0.6) is 0 Å². The molecule has 6 nitrogen and oxygen atoms in total. The molecule has 13 heavy (non-hydrogen) atoms. The Morgan fingerprint density at radius 1 is 1.62 bits per heavy atom. The number of amides is 1. The van der Waals surface area contributed by atoms with Gasteiger partial charge in [-0.1, -0.05) is 5.11 Å². The van der Waals surface area contributed by atoms with E-state index in [0.717, 1.165) is 0 Å². The predicted octanol–water partition coefficient (Wildman–Crippen LogP) is 0.365. The molecule has 1 amide bonds. The Hall–Kier alpha value is -1.26. The molecule has 0 saturated heterocycles. The molecule has 0 heterocycles. The minimum absolute atomic E-state index is 0.0237. The van der Waals surface area contributed by atoms with Gasteiger partial charge >= 0.3 is 0 Å². The van der Waals surface area contributed by atoms with Gasteiger partial charge in [-0.25, -0.2) is 0 Å². The summed E-state index contributed by atoms with van der Waals surface area (Å²) in [6.45, 7) is 1.81. The van der Waals surface area contributed by atoms with Crippen LogP contribution in [0.2, 0.25) is 0 Å². The lowest BCUT2D eigenvalue weighted by Gasteiger charge is -2.13. The van der Waals surface area contributed by atoms with Crippen molar-refractivity contribution in [3.8, 4) is 0 Å². The molecule has 0 aliphatic rings. The lowest BCUT2D eigenvalue weighted by molar-refractivity contribution is -0.120. The fourth-order valence-electron chi connectivity index (χ4n) is 0.789. The number of likely N-dealkylation sites (N-methyl/N-ethyl adjacent to an activating group) is 1. The number of nitrogens with one attached hydrogen (secondary N) is 1. The highest BCUT2D eigenvalue weighted by Gasteiger charge is 2.01. The van der Waals surface area contributed by atoms with E-state index in [-0.39, 0.29) is 5.91 Å². The molecule has 0 aromatic carbocycles. The van der Waals surface area contributed by atoms with Gasteiger partial charge in [-0.05, 0) is 12.6 Å². The number of hydrogen-bond donors (Lipinski definition) is 1. The molecule has 0 radical (unpaired) electrons. The Morgan fingerprint density at radius 3 is 2.85 bits per heavy atom. The third kappa shape index (κ3) is 7.11. The molecule has 6 heteroatoms. The lowest BCUT2D eigenvalue weighted by Crippen LogP contribution is -2.28. The average molecular weight is 185 g/mol. The van der Waals surface area contributed by atoms with Gasteiger partial charge in [0.15, 0.2) is 0 Å². The summed E-state index contributed by atoms with van der Waals surface area (Å²) in [7, 11) is 3.50. The predicted molar refractivity (Wildman–Crippen MR) is 50.2 cm³/mol. The van der Waals surface area contributed by atoms with E-state index >= 15 is 0 Å². The van der Waals surface area contributed by atoms with Crippen LogP contribution >= 0.6 is 0 Å². The first kappa shape index (κ1) is 11.7. The number of rotatable bonds is 6. The van der Waals surface area contributed by atoms with Gasteiger partial charge in [-0.3, -0.25) is 4.79 Å². The molecule has 0 saturated carbocycles. The number of nitrogens with zero attached hydrogens (tertiary/aromatic N) is 4. The van der Waals surface area contributed by atoms with E-state index in [0.29, 0.717) is 26.1 Å². The van der Waals surface area contributed by atoms with E-state index in [4.69, 9.17) is 5.53 Å². The van der Waals surface area contributed by atoms with Crippen molar-refractivity contribution in [3.05, 3.63) is 10.4 Å². The van der Waals surface area contributed by atoms with Gasteiger partial charge < -0.3 is 10.2 Å². The normalized spacial score (nSPS) is 9.46. The van der Waals surface area contributed by atoms with Gasteiger partial charge in [0.25, 0.3) is 0 Å². The highest BCUT2D eigenvalue weighted by atomic mass is 16.1. The van der Waals surface area contributed by atoms with Crippen molar-refractivity contribution in [2.24, 2.45) is 5.11 Å². The maximum absolute atomic E-state index is 10.8. The molecule has 0 aromatic heterocycles. The number of azide groups is 1. The standard InChI is InChI=1S/C7H15N5O/c1-9-7(13)3-5-12(2)6-4-10-11-8/h3-6H2,1-2H3,(H,9,13). The van der Waals surface area contributed by atoms with Crippen LogP contribution in [0.15, 0.2) is 5.11 Å². The van der Waals surface area contributed by atoms with Crippen LogP contribution in [-0.2, 0) is 4.79 Å². The second kappa shape index (κ2) is 7.39. The van der Waals surface area contributed by atoms with Crippen molar-refractivity contribution in [1.82, 2.24) is 10.2 Å². The highest BCUT2D eigenvalue weighted by Crippen LogP contribution is 1.87. The fourth-order valence-corrected chi connectivity index (χ4v) is 0.789. The smallest absolute Gasteiger partial charge is 0.221 e. The van der Waals surface area contributed by atoms with Crippen LogP contribution in [0.1, 0.15) is 6.42 Å². The topological polar surface area (TPSA) is 81.1 Å². The third-order valence-corrected chi connectivity index (χ3v) is 1.64. The summed E-state index contributed by atoms with van der Waals surface area (Å²) >= 11 is 0. The largest absolute Gasteiger partial charge is 0.359 e. The van der Waals surface area contributed by atoms with E-state index in [9.17, 15) is 4.79 Å². The summed E-state index contributed by atoms with van der Waals surface area (Å²) in [4.78, 5) is 15.4. The van der Waals surface area contributed by atoms with Gasteiger partial charge in [0.1, 0.15) is 0 Å². The molecule has 0 rings (SSSR count). The molecule has 0 atom stereocenters. The summed E-state index contributed by atoms with van der Waals surface area (Å²) in [5.74, 6) is 0.0237. The van der Waals surface area contributed by atoms with Crippen molar-refractivity contribution in [2.45, 2.75) is 6.42 Å². The summed E-state index contributed by atoms with van der Waals surface area (Å²) in [5, 5.41) is 5.94. The Bertz CT molecular complexity index is 199. The van der Waals surface area contributed by atoms with E-state index in [2.05, 4.69) is 15.3 Å². The van der Waals surface area contributed by atoms with E-state index in [1.165, 1.54) is 0 Å². The van der Waals surface area contributed by atoms with Crippen LogP contribution in [0.25, 0.3) is 10.4 Å². The molecule has 0 aromatic rings. The van der Waals surface area contributed by atoms with Gasteiger partial charge in [-0.2, -0.15) is 0 Å². The zero-order valence-corrected chi connectivity index (χ0v) is 8.03. The maximum atomic E-state index is 10.8. The third-order valence-electron chi connectivity index (χ3n) is 1.64. The molecule has 0 fully saturated rings. The molecule has 0 bridgehead atoms. The summed E-state index contributed by atoms with van der Waals surface area (Å²) < 4.78 is 0. The van der Waals surface area contributed by atoms with Crippen molar-refractivity contribution >= 4 is 5.91 Å². The minimum atomic E-state index is 0.0237. The van der Waals surface area contributed by atoms with Crippen LogP contribution < -0.4 is 5.32 Å². The van der Waals surface area contributed by atoms with Gasteiger partial charge in [-0.15, -0.1) is 0 Å². The van der Waals surface area contributed by atoms with Gasteiger partial charge in [0.2, 0.25) is 5.91 Å². The van der Waals surface area contributed by atoms with Crippen molar-refractivity contribution in [2.75, 3.05) is 33.7 Å². The second-order valence-electron chi connectivity index (χ2n) is 2.68. The van der Waals surface area contributed by atoms with Crippen LogP contribution in [0.4, 0.5) is 0 Å². The van der Waals surface area contributed by atoms with Gasteiger partial charge in [0, 0.05) is 38.0 Å². The first-order valence-electron chi connectivity index (χ1n) is 4.10. The van der Waals surface area contributed by atoms with E-state index in [1.54, 1.807) is 7.05 Å². The van der Waals surface area contributed by atoms with Crippen LogP contribution in [0.3, 0.4) is 0 Å². The molecule has 0 aliphatic heterocycles. The molecule has 0 unspecified atom stereocenters. The Labute approximate surface area is 77.5 Å². The first-order valence-corrected chi connectivity index (χ1v) is 4.10. The Morgan fingerprint density at radius 2 is 2.31 bits per heavy atom. The summed E-state index contributed by atoms with van der Waals surface area (Å²) in [6, 6.07) is 0. The Balaban J connectivity index is 3.44. The molecule has 1 N–H and O–H groups in total. The molecule has 0 spiro atoms. The van der Waals surface area contributed by atoms with Gasteiger partial charge in [0.05, 0.1) is 0 Å². The number of carbonyl (C=O) groups is 1. The quantitative estimate of drug-likeness (QED) is 0.368. The highest BCUT2D eigenvalue weighted by molar-refractivity contribution is 5.75. The average Bonchev–Trinajstić information content (AvgIpc) is 2.14. The second-order valence-corrected chi connectivity index (χ2v) is 2.68. The molecular formula is C7H15N5O. The minimum Gasteiger partial charge on any atom is -0.359 e. The summed E-state index contributed by atoms with van der Waals surface area (Å²) in [6.07, 6.45) is 0.475. The van der Waals surface area contributed by atoms with Crippen molar-refractivity contribution in [3.63, 3.8) is 0 Å². The lowest BCUT2D eigenvalue weighted by atomic mass is 10.3. The zero-order chi connectivity index (χ0) is 10.1. The van der Waals surface area contributed by atoms with Crippen LogP contribution in [0, 0.1) is 0 Å². The number of carbonyl (C=O) groups excluding carboxylic acids is 1. The summed E-state index contributed by atoms with van der Waals surface area (Å²) in [5.41, 5.74) is 8.01. The first-order chi connectivity index (χ1) is 6.20. The van der Waals surface area contributed by atoms with Crippen molar-refractivity contribution in [1.29, 1.82) is 0 Å². The van der Waals surface area contributed by atoms with E-state index in [1.807, 2.05) is 11.9 Å². The molecule has 0 aliphatic carbocycles. The van der Waals surface area contributed by atoms with Crippen LogP contribution in [-0.4, -0.2) is 44.5 Å². The Kier molecular flexibility index (Phi) is 6.68. The monoisotopic (exact) mass is 185 g/mol. The molecule has 74 valence electrons. The fraction of sp³-hybridized carbons (Fsp3) is 0.857. The molecular weight excluding hydrogens is 170 g/mol.